The summed E-state index contributed by atoms with van der Waals surface area (Å²) in [7, 11) is 1.56. The lowest BCUT2D eigenvalue weighted by Gasteiger charge is -2.09. The third-order valence-corrected chi connectivity index (χ3v) is 4.24. The third kappa shape index (κ3) is 3.82. The van der Waals surface area contributed by atoms with E-state index >= 15 is 0 Å². The largest absolute Gasteiger partial charge is 0.493 e. The van der Waals surface area contributed by atoms with Gasteiger partial charge in [0, 0.05) is 0 Å². The lowest BCUT2D eigenvalue weighted by Crippen LogP contribution is -1.96. The van der Waals surface area contributed by atoms with Gasteiger partial charge in [0.15, 0.2) is 11.5 Å². The van der Waals surface area contributed by atoms with Crippen molar-refractivity contribution in [1.29, 1.82) is 5.26 Å². The normalized spacial score (nSPS) is 11.0. The zero-order chi connectivity index (χ0) is 18.4. The average Bonchev–Trinajstić information content (AvgIpc) is 3.36. The summed E-state index contributed by atoms with van der Waals surface area (Å²) < 4.78 is 16.1. The second-order valence-electron chi connectivity index (χ2n) is 5.08. The zero-order valence-corrected chi connectivity index (χ0v) is 14.8. The van der Waals surface area contributed by atoms with Crippen molar-refractivity contribution in [1.82, 2.24) is 10.1 Å². The molecule has 0 atom stereocenters. The van der Waals surface area contributed by atoms with Gasteiger partial charge < -0.3 is 14.0 Å². The minimum absolute atomic E-state index is 0.168. The number of aromatic nitrogens is 2. The van der Waals surface area contributed by atoms with E-state index in [1.807, 2.05) is 23.6 Å². The highest BCUT2D eigenvalue weighted by atomic mass is 32.1. The van der Waals surface area contributed by atoms with Crippen molar-refractivity contribution in [3.63, 3.8) is 0 Å². The highest BCUT2D eigenvalue weighted by Crippen LogP contribution is 2.30. The molecule has 26 heavy (non-hydrogen) atoms. The van der Waals surface area contributed by atoms with Crippen LogP contribution in [0.5, 0.6) is 11.5 Å². The highest BCUT2D eigenvalue weighted by Gasteiger charge is 2.14. The second kappa shape index (κ2) is 8.14. The molecule has 7 heteroatoms. The van der Waals surface area contributed by atoms with Gasteiger partial charge in [0.1, 0.15) is 18.2 Å². The standard InChI is InChI=1S/C19H15N3O3S/c1-3-8-24-15-7-6-13(11-16(15)23-2)10-14(12-20)19-21-18(22-25-19)17-5-4-9-26-17/h3-7,9-11H,1,8H2,2H3/b14-10+. The van der Waals surface area contributed by atoms with E-state index in [9.17, 15) is 5.26 Å². The Morgan fingerprint density at radius 1 is 1.38 bits per heavy atom. The van der Waals surface area contributed by atoms with Gasteiger partial charge in [-0.15, -0.1) is 11.3 Å². The fourth-order valence-electron chi connectivity index (χ4n) is 2.19. The maximum Gasteiger partial charge on any atom is 0.268 e. The fraction of sp³-hybridized carbons (Fsp3) is 0.105. The summed E-state index contributed by atoms with van der Waals surface area (Å²) in [5.74, 6) is 1.78. The smallest absolute Gasteiger partial charge is 0.268 e. The molecule has 0 saturated carbocycles. The molecule has 130 valence electrons. The van der Waals surface area contributed by atoms with Crippen molar-refractivity contribution >= 4 is 23.0 Å². The third-order valence-electron chi connectivity index (χ3n) is 3.37. The molecule has 0 aliphatic heterocycles. The predicted molar refractivity (Wildman–Crippen MR) is 99.8 cm³/mol. The Balaban J connectivity index is 1.89. The Bertz CT molecular complexity index is 968. The Morgan fingerprint density at radius 3 is 2.96 bits per heavy atom. The average molecular weight is 365 g/mol. The topological polar surface area (TPSA) is 81.2 Å². The van der Waals surface area contributed by atoms with Crippen LogP contribution in [0.4, 0.5) is 0 Å². The van der Waals surface area contributed by atoms with Gasteiger partial charge in [-0.2, -0.15) is 10.2 Å². The predicted octanol–water partition coefficient (Wildman–Crippen LogP) is 4.44. The summed E-state index contributed by atoms with van der Waals surface area (Å²) in [4.78, 5) is 5.17. The van der Waals surface area contributed by atoms with Crippen LogP contribution in [0.1, 0.15) is 11.5 Å². The molecule has 1 aromatic carbocycles. The Hall–Kier alpha value is -3.37. The quantitative estimate of drug-likeness (QED) is 0.455. The first-order valence-electron chi connectivity index (χ1n) is 7.66. The summed E-state index contributed by atoms with van der Waals surface area (Å²) in [6.07, 6.45) is 3.31. The molecule has 0 spiro atoms. The van der Waals surface area contributed by atoms with Gasteiger partial charge in [-0.05, 0) is 35.2 Å². The van der Waals surface area contributed by atoms with Crippen LogP contribution < -0.4 is 9.47 Å². The molecular formula is C19H15N3O3S. The maximum absolute atomic E-state index is 9.47. The van der Waals surface area contributed by atoms with Gasteiger partial charge in [-0.1, -0.05) is 29.9 Å². The summed E-state index contributed by atoms with van der Waals surface area (Å²) >= 11 is 1.50. The lowest BCUT2D eigenvalue weighted by atomic mass is 10.1. The zero-order valence-electron chi connectivity index (χ0n) is 14.0. The molecule has 2 aromatic heterocycles. The number of methoxy groups -OCH3 is 1. The monoisotopic (exact) mass is 365 g/mol. The molecule has 0 saturated heterocycles. The summed E-state index contributed by atoms with van der Waals surface area (Å²) in [5, 5.41) is 15.3. The minimum Gasteiger partial charge on any atom is -0.493 e. The van der Waals surface area contributed by atoms with Crippen LogP contribution >= 0.6 is 11.3 Å². The summed E-state index contributed by atoms with van der Waals surface area (Å²) in [5.41, 5.74) is 1.02. The Morgan fingerprint density at radius 2 is 2.27 bits per heavy atom. The van der Waals surface area contributed by atoms with Crippen molar-refractivity contribution in [2.45, 2.75) is 0 Å². The number of nitriles is 1. The van der Waals surface area contributed by atoms with Crippen molar-refractivity contribution in [2.75, 3.05) is 13.7 Å². The second-order valence-corrected chi connectivity index (χ2v) is 6.03. The van der Waals surface area contributed by atoms with E-state index in [0.717, 1.165) is 10.4 Å². The van der Waals surface area contributed by atoms with Gasteiger partial charge in [0.05, 0.1) is 12.0 Å². The molecule has 0 radical (unpaired) electrons. The lowest BCUT2D eigenvalue weighted by molar-refractivity contribution is 0.326. The number of benzene rings is 1. The van der Waals surface area contributed by atoms with Crippen molar-refractivity contribution in [2.24, 2.45) is 0 Å². The van der Waals surface area contributed by atoms with Gasteiger partial charge >= 0.3 is 0 Å². The van der Waals surface area contributed by atoms with Crippen molar-refractivity contribution in [3.8, 4) is 28.3 Å². The molecule has 3 rings (SSSR count). The summed E-state index contributed by atoms with van der Waals surface area (Å²) in [6, 6.07) is 11.2. The molecule has 0 aliphatic rings. The number of nitrogens with zero attached hydrogens (tertiary/aromatic N) is 3. The summed E-state index contributed by atoms with van der Waals surface area (Å²) in [6.45, 7) is 4.00. The SMILES string of the molecule is C=CCOc1ccc(/C=C(\C#N)c2nc(-c3cccs3)no2)cc1OC. The van der Waals surface area contributed by atoms with E-state index in [-0.39, 0.29) is 11.5 Å². The molecule has 3 aromatic rings. The van der Waals surface area contributed by atoms with Gasteiger partial charge in [0.2, 0.25) is 5.82 Å². The fourth-order valence-corrected chi connectivity index (χ4v) is 2.84. The molecule has 0 fully saturated rings. The van der Waals surface area contributed by atoms with Crippen molar-refractivity contribution < 1.29 is 14.0 Å². The molecule has 0 aliphatic carbocycles. The number of rotatable bonds is 7. The Labute approximate surface area is 154 Å². The van der Waals surface area contributed by atoms with Crippen LogP contribution in [-0.4, -0.2) is 23.9 Å². The maximum atomic E-state index is 9.47. The molecule has 0 unspecified atom stereocenters. The number of hydrogen-bond acceptors (Lipinski definition) is 7. The van der Waals surface area contributed by atoms with E-state index in [1.165, 1.54) is 11.3 Å². The van der Waals surface area contributed by atoms with E-state index in [0.29, 0.717) is 23.9 Å². The first-order valence-corrected chi connectivity index (χ1v) is 8.54. The first-order chi connectivity index (χ1) is 12.7. The van der Waals surface area contributed by atoms with E-state index in [4.69, 9.17) is 14.0 Å². The highest BCUT2D eigenvalue weighted by molar-refractivity contribution is 7.13. The number of allylic oxidation sites excluding steroid dienone is 1. The van der Waals surface area contributed by atoms with Gasteiger partial charge in [0.25, 0.3) is 5.89 Å². The van der Waals surface area contributed by atoms with E-state index in [1.54, 1.807) is 31.4 Å². The van der Waals surface area contributed by atoms with Crippen LogP contribution in [0.15, 0.2) is 52.9 Å². The molecular weight excluding hydrogens is 350 g/mol. The Kier molecular flexibility index (Phi) is 5.46. The number of thiophene rings is 1. The number of ether oxygens (including phenoxy) is 2. The van der Waals surface area contributed by atoms with E-state index < -0.39 is 0 Å². The van der Waals surface area contributed by atoms with Crippen LogP contribution in [0.3, 0.4) is 0 Å². The van der Waals surface area contributed by atoms with Gasteiger partial charge in [-0.25, -0.2) is 0 Å². The molecule has 0 amide bonds. The van der Waals surface area contributed by atoms with Crippen LogP contribution in [0.25, 0.3) is 22.4 Å². The first kappa shape index (κ1) is 17.5. The van der Waals surface area contributed by atoms with Crippen LogP contribution in [0, 0.1) is 11.3 Å². The molecule has 0 N–H and O–H groups in total. The molecule has 2 heterocycles. The van der Waals surface area contributed by atoms with Crippen molar-refractivity contribution in [3.05, 3.63) is 59.8 Å². The van der Waals surface area contributed by atoms with Crippen LogP contribution in [-0.2, 0) is 0 Å². The van der Waals surface area contributed by atoms with Crippen LogP contribution in [0.2, 0.25) is 0 Å². The van der Waals surface area contributed by atoms with Gasteiger partial charge in [-0.3, -0.25) is 0 Å². The molecule has 0 bridgehead atoms. The minimum atomic E-state index is 0.168. The number of hydrogen-bond donors (Lipinski definition) is 0. The van der Waals surface area contributed by atoms with E-state index in [2.05, 4.69) is 22.8 Å². The molecule has 6 nitrogen and oxygen atoms in total.